The molecule has 4 N–H and O–H groups in total. The summed E-state index contributed by atoms with van der Waals surface area (Å²) in [6, 6.07) is 0. The van der Waals surface area contributed by atoms with Crippen LogP contribution in [-0.4, -0.2) is 27.0 Å². The zero-order valence-electron chi connectivity index (χ0n) is 9.13. The first kappa shape index (κ1) is 10.8. The van der Waals surface area contributed by atoms with Crippen molar-refractivity contribution in [3.8, 4) is 0 Å². The molecule has 0 aromatic carbocycles. The molecule has 0 amide bonds. The van der Waals surface area contributed by atoms with Crippen LogP contribution in [0.2, 0.25) is 0 Å². The van der Waals surface area contributed by atoms with E-state index in [4.69, 9.17) is 5.73 Å². The van der Waals surface area contributed by atoms with Crippen LogP contribution >= 0.6 is 0 Å². The van der Waals surface area contributed by atoms with Gasteiger partial charge in [-0.25, -0.2) is 0 Å². The normalized spacial score (nSPS) is 11.8. The highest BCUT2D eigenvalue weighted by Crippen LogP contribution is 2.21. The number of aliphatic hydroxyl groups is 1. The van der Waals surface area contributed by atoms with Crippen molar-refractivity contribution in [1.82, 2.24) is 9.78 Å². The number of nitrogens with zero attached hydrogens (tertiary/aromatic N) is 2. The lowest BCUT2D eigenvalue weighted by Gasteiger charge is -2.18. The lowest BCUT2D eigenvalue weighted by atomic mass is 10.1. The second-order valence-electron chi connectivity index (χ2n) is 4.14. The minimum atomic E-state index is -0.759. The molecule has 0 fully saturated rings. The Kier molecular flexibility index (Phi) is 2.71. The molecule has 0 aliphatic carbocycles. The molecule has 0 saturated carbocycles. The lowest BCUT2D eigenvalue weighted by Crippen LogP contribution is -2.30. The summed E-state index contributed by atoms with van der Waals surface area (Å²) in [4.78, 5) is 0. The Bertz CT molecular complexity index is 324. The van der Waals surface area contributed by atoms with Gasteiger partial charge in [0.15, 0.2) is 0 Å². The molecule has 1 heterocycles. The molecule has 1 aromatic heterocycles. The summed E-state index contributed by atoms with van der Waals surface area (Å²) in [6.45, 7) is 5.76. The minimum absolute atomic E-state index is 0.441. The maximum absolute atomic E-state index is 9.53. The summed E-state index contributed by atoms with van der Waals surface area (Å²) in [6.07, 6.45) is 0. The molecular weight excluding hydrogens is 180 g/mol. The molecule has 5 heteroatoms. The largest absolute Gasteiger partial charge is 0.394 e. The van der Waals surface area contributed by atoms with Crippen molar-refractivity contribution < 1.29 is 5.11 Å². The molecule has 0 aliphatic heterocycles. The van der Waals surface area contributed by atoms with Gasteiger partial charge in [-0.1, -0.05) is 0 Å². The maximum atomic E-state index is 9.53. The average molecular weight is 198 g/mol. The van der Waals surface area contributed by atoms with Gasteiger partial charge in [0.1, 0.15) is 5.82 Å². The number of hydrogen-bond donors (Lipinski definition) is 3. The van der Waals surface area contributed by atoms with Crippen molar-refractivity contribution in [2.45, 2.75) is 26.4 Å². The quantitative estimate of drug-likeness (QED) is 0.661. The number of aryl methyl sites for hydroxylation is 2. The van der Waals surface area contributed by atoms with Gasteiger partial charge < -0.3 is 16.2 Å². The smallest absolute Gasteiger partial charge is 0.147 e. The third-order valence-electron chi connectivity index (χ3n) is 1.96. The van der Waals surface area contributed by atoms with Crippen LogP contribution in [0.5, 0.6) is 0 Å². The molecule has 0 bridgehead atoms. The van der Waals surface area contributed by atoms with Crippen molar-refractivity contribution in [2.24, 2.45) is 7.05 Å². The molecule has 0 spiro atoms. The number of nitrogens with two attached hydrogens (primary N) is 1. The molecular formula is C9H18N4O. The fourth-order valence-electron chi connectivity index (χ4n) is 1.18. The van der Waals surface area contributed by atoms with E-state index in [-0.39, 0.29) is 0 Å². The van der Waals surface area contributed by atoms with Gasteiger partial charge in [-0.2, -0.15) is 5.10 Å². The fraction of sp³-hybridized carbons (Fsp3) is 0.667. The first-order chi connectivity index (χ1) is 6.31. The number of nitrogens with one attached hydrogen (secondary N) is 1. The number of nitrogen functional groups attached to an aromatic ring is 1. The Balaban J connectivity index is 2.77. The average Bonchev–Trinajstić information content (AvgIpc) is 2.23. The number of rotatable bonds is 3. The van der Waals surface area contributed by atoms with E-state index in [2.05, 4.69) is 10.4 Å². The summed E-state index contributed by atoms with van der Waals surface area (Å²) in [5, 5.41) is 16.8. The standard InChI is InChI=1S/C9H18N4O/c1-6-7(10)8(13(4)12-6)11-5-9(2,3)14/h11,14H,5,10H2,1-4H3. The molecule has 80 valence electrons. The second-order valence-corrected chi connectivity index (χ2v) is 4.14. The van der Waals surface area contributed by atoms with Gasteiger partial charge in [0.25, 0.3) is 0 Å². The van der Waals surface area contributed by atoms with Crippen molar-refractivity contribution in [3.63, 3.8) is 0 Å². The first-order valence-electron chi connectivity index (χ1n) is 4.56. The van der Waals surface area contributed by atoms with Crippen molar-refractivity contribution >= 4 is 11.5 Å². The Morgan fingerprint density at radius 1 is 1.57 bits per heavy atom. The Morgan fingerprint density at radius 3 is 2.50 bits per heavy atom. The number of hydrogen-bond acceptors (Lipinski definition) is 4. The van der Waals surface area contributed by atoms with E-state index in [0.29, 0.717) is 12.2 Å². The lowest BCUT2D eigenvalue weighted by molar-refractivity contribution is 0.0944. The van der Waals surface area contributed by atoms with Crippen LogP contribution in [0.15, 0.2) is 0 Å². The summed E-state index contributed by atoms with van der Waals surface area (Å²) >= 11 is 0. The highest BCUT2D eigenvalue weighted by molar-refractivity contribution is 5.64. The van der Waals surface area contributed by atoms with E-state index in [0.717, 1.165) is 11.5 Å². The first-order valence-corrected chi connectivity index (χ1v) is 4.56. The van der Waals surface area contributed by atoms with Crippen LogP contribution < -0.4 is 11.1 Å². The molecule has 0 saturated heterocycles. The van der Waals surface area contributed by atoms with E-state index < -0.39 is 5.60 Å². The Morgan fingerprint density at radius 2 is 2.14 bits per heavy atom. The van der Waals surface area contributed by atoms with Gasteiger partial charge in [0.2, 0.25) is 0 Å². The van der Waals surface area contributed by atoms with Gasteiger partial charge in [-0.05, 0) is 20.8 Å². The summed E-state index contributed by atoms with van der Waals surface area (Å²) in [5.74, 6) is 0.754. The van der Waals surface area contributed by atoms with E-state index in [1.807, 2.05) is 14.0 Å². The van der Waals surface area contributed by atoms with Crippen LogP contribution in [0, 0.1) is 6.92 Å². The van der Waals surface area contributed by atoms with E-state index in [9.17, 15) is 5.11 Å². The molecule has 1 rings (SSSR count). The third-order valence-corrected chi connectivity index (χ3v) is 1.96. The summed E-state index contributed by atoms with van der Waals surface area (Å²) in [7, 11) is 1.82. The molecule has 0 atom stereocenters. The third kappa shape index (κ3) is 2.38. The maximum Gasteiger partial charge on any atom is 0.147 e. The van der Waals surface area contributed by atoms with Gasteiger partial charge in [-0.15, -0.1) is 0 Å². The highest BCUT2D eigenvalue weighted by Gasteiger charge is 2.15. The van der Waals surface area contributed by atoms with Crippen molar-refractivity contribution in [1.29, 1.82) is 0 Å². The van der Waals surface area contributed by atoms with Crippen LogP contribution in [-0.2, 0) is 7.05 Å². The Labute approximate surface area is 83.9 Å². The van der Waals surface area contributed by atoms with Gasteiger partial charge >= 0.3 is 0 Å². The van der Waals surface area contributed by atoms with Crippen LogP contribution in [0.3, 0.4) is 0 Å². The number of aromatic nitrogens is 2. The Hall–Kier alpha value is -1.23. The second kappa shape index (κ2) is 3.49. The molecule has 1 aromatic rings. The topological polar surface area (TPSA) is 76.1 Å². The minimum Gasteiger partial charge on any atom is -0.394 e. The summed E-state index contributed by atoms with van der Waals surface area (Å²) in [5.41, 5.74) is 6.48. The molecule has 0 unspecified atom stereocenters. The van der Waals surface area contributed by atoms with Crippen LogP contribution in [0.4, 0.5) is 11.5 Å². The molecule has 0 radical (unpaired) electrons. The van der Waals surface area contributed by atoms with Crippen molar-refractivity contribution in [3.05, 3.63) is 5.69 Å². The van der Waals surface area contributed by atoms with Gasteiger partial charge in [-0.3, -0.25) is 4.68 Å². The van der Waals surface area contributed by atoms with Crippen LogP contribution in [0.1, 0.15) is 19.5 Å². The predicted octanol–water partition coefficient (Wildman–Crippen LogP) is 0.494. The fourth-order valence-corrected chi connectivity index (χ4v) is 1.18. The predicted molar refractivity (Wildman–Crippen MR) is 57.1 cm³/mol. The molecule has 14 heavy (non-hydrogen) atoms. The zero-order chi connectivity index (χ0) is 10.9. The van der Waals surface area contributed by atoms with Crippen LogP contribution in [0.25, 0.3) is 0 Å². The van der Waals surface area contributed by atoms with E-state index in [1.165, 1.54) is 0 Å². The number of anilines is 2. The van der Waals surface area contributed by atoms with E-state index in [1.54, 1.807) is 18.5 Å². The molecule has 0 aliphatic rings. The monoisotopic (exact) mass is 198 g/mol. The van der Waals surface area contributed by atoms with Crippen molar-refractivity contribution in [2.75, 3.05) is 17.6 Å². The highest BCUT2D eigenvalue weighted by atomic mass is 16.3. The van der Waals surface area contributed by atoms with Gasteiger partial charge in [0.05, 0.1) is 17.0 Å². The van der Waals surface area contributed by atoms with E-state index >= 15 is 0 Å². The van der Waals surface area contributed by atoms with Gasteiger partial charge in [0, 0.05) is 13.6 Å². The zero-order valence-corrected chi connectivity index (χ0v) is 9.13. The SMILES string of the molecule is Cc1nn(C)c(NCC(C)(C)O)c1N. The summed E-state index contributed by atoms with van der Waals surface area (Å²) < 4.78 is 1.68. The molecule has 5 nitrogen and oxygen atoms in total.